The minimum absolute atomic E-state index is 0.192. The van der Waals surface area contributed by atoms with Crippen molar-refractivity contribution in [1.82, 2.24) is 4.98 Å². The van der Waals surface area contributed by atoms with Crippen LogP contribution in [0.25, 0.3) is 22.3 Å². The van der Waals surface area contributed by atoms with Crippen LogP contribution in [0.2, 0.25) is 0 Å². The number of benzene rings is 1. The van der Waals surface area contributed by atoms with Gasteiger partial charge in [-0.05, 0) is 70.5 Å². The number of alkyl halides is 6. The Balaban J connectivity index is 1.48. The Bertz CT molecular complexity index is 1400. The number of nitrogens with zero attached hydrogens (tertiary/aromatic N) is 1. The molecule has 1 unspecified atom stereocenters. The third-order valence-corrected chi connectivity index (χ3v) is 7.46. The lowest BCUT2D eigenvalue weighted by atomic mass is 9.79. The molecule has 0 radical (unpaired) electrons. The molecule has 44 heavy (non-hydrogen) atoms. The molecule has 3 rings (SSSR count). The molecule has 0 amide bonds. The van der Waals surface area contributed by atoms with Crippen LogP contribution in [0.4, 0.5) is 26.3 Å². The van der Waals surface area contributed by atoms with E-state index in [1.807, 2.05) is 0 Å². The van der Waals surface area contributed by atoms with Gasteiger partial charge in [-0.3, -0.25) is 9.78 Å². The predicted molar refractivity (Wildman–Crippen MR) is 152 cm³/mol. The molecule has 4 N–H and O–H groups in total. The van der Waals surface area contributed by atoms with Gasteiger partial charge in [-0.1, -0.05) is 0 Å². The van der Waals surface area contributed by atoms with E-state index in [1.165, 1.54) is 13.8 Å². The summed E-state index contributed by atoms with van der Waals surface area (Å²) in [7, 11) is 0. The van der Waals surface area contributed by atoms with Crippen LogP contribution in [0.3, 0.4) is 0 Å². The summed E-state index contributed by atoms with van der Waals surface area (Å²) in [6.07, 6.45) is -13.9. The SMILES string of the molecule is CC(C)(N)CC(N)C(C)(C)C(=O)OCCC(F)(F)OC(F)(F)OC(F)(F)CCSc1ccc2cc(-c3cccnc3)oc2c1. The van der Waals surface area contributed by atoms with E-state index < -0.39 is 66.7 Å². The quantitative estimate of drug-likeness (QED) is 0.0719. The van der Waals surface area contributed by atoms with Crippen molar-refractivity contribution in [3.8, 4) is 11.3 Å². The van der Waals surface area contributed by atoms with E-state index in [-0.39, 0.29) is 6.42 Å². The first-order valence-electron chi connectivity index (χ1n) is 13.5. The van der Waals surface area contributed by atoms with Gasteiger partial charge in [0, 0.05) is 52.0 Å². The van der Waals surface area contributed by atoms with Gasteiger partial charge < -0.3 is 20.6 Å². The molecule has 15 heteroatoms. The van der Waals surface area contributed by atoms with Gasteiger partial charge in [0.15, 0.2) is 0 Å². The average Bonchev–Trinajstić information content (AvgIpc) is 3.30. The van der Waals surface area contributed by atoms with Gasteiger partial charge in [0.1, 0.15) is 11.3 Å². The van der Waals surface area contributed by atoms with Gasteiger partial charge in [-0.15, -0.1) is 20.5 Å². The number of carbonyl (C=O) groups excluding carboxylic acids is 1. The Morgan fingerprint density at radius 3 is 2.27 bits per heavy atom. The van der Waals surface area contributed by atoms with E-state index in [4.69, 9.17) is 20.6 Å². The zero-order chi connectivity index (χ0) is 33.0. The van der Waals surface area contributed by atoms with E-state index in [0.717, 1.165) is 22.7 Å². The molecule has 2 aromatic heterocycles. The number of aromatic nitrogens is 1. The van der Waals surface area contributed by atoms with Crippen LogP contribution >= 0.6 is 11.8 Å². The summed E-state index contributed by atoms with van der Waals surface area (Å²) in [5.74, 6) is -0.833. The van der Waals surface area contributed by atoms with Crippen molar-refractivity contribution in [3.63, 3.8) is 0 Å². The highest BCUT2D eigenvalue weighted by molar-refractivity contribution is 7.99. The van der Waals surface area contributed by atoms with Gasteiger partial charge in [-0.2, -0.15) is 17.6 Å². The zero-order valence-corrected chi connectivity index (χ0v) is 25.4. The topological polar surface area (TPSA) is 123 Å². The van der Waals surface area contributed by atoms with Crippen LogP contribution in [0.15, 0.2) is 58.1 Å². The molecule has 1 aromatic carbocycles. The predicted octanol–water partition coefficient (Wildman–Crippen LogP) is 7.16. The molecule has 1 atom stereocenters. The van der Waals surface area contributed by atoms with Crippen LogP contribution in [-0.4, -0.2) is 53.4 Å². The molecule has 0 saturated heterocycles. The first kappa shape index (κ1) is 35.6. The maximum Gasteiger partial charge on any atom is 0.494 e. The van der Waals surface area contributed by atoms with Crippen molar-refractivity contribution >= 4 is 28.7 Å². The number of hydrogen-bond acceptors (Lipinski definition) is 9. The molecule has 244 valence electrons. The number of esters is 1. The number of rotatable bonds is 16. The van der Waals surface area contributed by atoms with Gasteiger partial charge in [0.05, 0.1) is 18.4 Å². The summed E-state index contributed by atoms with van der Waals surface area (Å²) in [5, 5.41) is 0.747. The molecular weight excluding hydrogens is 616 g/mol. The minimum atomic E-state index is -5.36. The summed E-state index contributed by atoms with van der Waals surface area (Å²) in [6.45, 7) is 5.13. The molecular formula is C29H35F6N3O5S. The molecule has 8 nitrogen and oxygen atoms in total. The smallest absolute Gasteiger partial charge is 0.465 e. The highest BCUT2D eigenvalue weighted by atomic mass is 32.2. The molecule has 0 aliphatic heterocycles. The molecule has 0 aliphatic carbocycles. The number of ether oxygens (including phenoxy) is 3. The second-order valence-corrected chi connectivity index (χ2v) is 12.7. The van der Waals surface area contributed by atoms with Gasteiger partial charge in [-0.25, -0.2) is 9.47 Å². The number of furan rings is 1. The van der Waals surface area contributed by atoms with Crippen molar-refractivity contribution in [3.05, 3.63) is 48.8 Å². The van der Waals surface area contributed by atoms with E-state index in [0.29, 0.717) is 16.2 Å². The minimum Gasteiger partial charge on any atom is -0.465 e. The van der Waals surface area contributed by atoms with Crippen molar-refractivity contribution in [1.29, 1.82) is 0 Å². The number of nitrogens with two attached hydrogens (primary N) is 2. The fraction of sp³-hybridized carbons (Fsp3) is 0.517. The van der Waals surface area contributed by atoms with Gasteiger partial charge in [0.2, 0.25) is 0 Å². The number of halogens is 6. The Kier molecular flexibility index (Phi) is 11.1. The molecule has 0 fully saturated rings. The maximum absolute atomic E-state index is 14.2. The number of fused-ring (bicyclic) bond motifs is 1. The summed E-state index contributed by atoms with van der Waals surface area (Å²) < 4.78 is 102. The first-order valence-corrected chi connectivity index (χ1v) is 14.5. The van der Waals surface area contributed by atoms with Crippen LogP contribution in [0.5, 0.6) is 0 Å². The summed E-state index contributed by atoms with van der Waals surface area (Å²) in [5.41, 5.74) is 11.0. The average molecular weight is 652 g/mol. The molecule has 0 aliphatic rings. The standard InChI is InChI=1S/C29H35F6N3O5S/c1-25(2,37)16-23(36)26(3,4)24(39)40-12-9-27(30,31)42-29(34,35)43-28(32,33)10-13-44-20-8-7-18-14-21(41-22(18)15-20)19-6-5-11-38-17-19/h5-8,11,14-15,17,23H,9-10,12-13,16,36-37H2,1-4H3. The zero-order valence-electron chi connectivity index (χ0n) is 24.6. The second kappa shape index (κ2) is 13.6. The van der Waals surface area contributed by atoms with Crippen LogP contribution in [0.1, 0.15) is 47.0 Å². The lowest BCUT2D eigenvalue weighted by Crippen LogP contribution is -2.50. The van der Waals surface area contributed by atoms with Crippen LogP contribution < -0.4 is 11.5 Å². The fourth-order valence-corrected chi connectivity index (χ4v) is 4.86. The van der Waals surface area contributed by atoms with Crippen molar-refractivity contribution in [2.75, 3.05) is 12.4 Å². The lowest BCUT2D eigenvalue weighted by Gasteiger charge is -2.33. The van der Waals surface area contributed by atoms with Crippen molar-refractivity contribution in [2.24, 2.45) is 16.9 Å². The van der Waals surface area contributed by atoms with E-state index >= 15 is 0 Å². The number of carbonyl (C=O) groups is 1. The molecule has 0 bridgehead atoms. The largest absolute Gasteiger partial charge is 0.494 e. The highest BCUT2D eigenvalue weighted by Crippen LogP contribution is 2.38. The Morgan fingerprint density at radius 1 is 1.00 bits per heavy atom. The van der Waals surface area contributed by atoms with E-state index in [9.17, 15) is 31.1 Å². The summed E-state index contributed by atoms with van der Waals surface area (Å²) in [6, 6.07) is 9.45. The molecule has 0 saturated carbocycles. The third kappa shape index (κ3) is 10.6. The van der Waals surface area contributed by atoms with Crippen LogP contribution in [-0.2, 0) is 19.0 Å². The molecule has 3 aromatic rings. The monoisotopic (exact) mass is 651 g/mol. The maximum atomic E-state index is 14.2. The summed E-state index contributed by atoms with van der Waals surface area (Å²) >= 11 is 0.896. The number of hydrogen-bond donors (Lipinski definition) is 2. The van der Waals surface area contributed by atoms with E-state index in [2.05, 4.69) is 14.5 Å². The fourth-order valence-electron chi connectivity index (χ4n) is 3.93. The first-order chi connectivity index (χ1) is 20.2. The Labute approximate surface area is 254 Å². The Hall–Kier alpha value is -2.85. The van der Waals surface area contributed by atoms with Gasteiger partial charge >= 0.3 is 24.5 Å². The van der Waals surface area contributed by atoms with E-state index in [1.54, 1.807) is 62.6 Å². The molecule has 2 heterocycles. The van der Waals surface area contributed by atoms with Crippen molar-refractivity contribution < 1.29 is 49.8 Å². The van der Waals surface area contributed by atoms with Crippen molar-refractivity contribution in [2.45, 2.75) is 81.9 Å². The molecule has 0 spiro atoms. The van der Waals surface area contributed by atoms with Crippen LogP contribution in [0, 0.1) is 5.41 Å². The summed E-state index contributed by atoms with van der Waals surface area (Å²) in [4.78, 5) is 16.9. The Morgan fingerprint density at radius 2 is 1.66 bits per heavy atom. The third-order valence-electron chi connectivity index (χ3n) is 6.46. The second-order valence-electron chi connectivity index (χ2n) is 11.5. The number of pyridine rings is 1. The van der Waals surface area contributed by atoms with Gasteiger partial charge in [0.25, 0.3) is 0 Å². The number of thioether (sulfide) groups is 1. The lowest BCUT2D eigenvalue weighted by molar-refractivity contribution is -0.514. The highest BCUT2D eigenvalue weighted by Gasteiger charge is 2.52. The normalized spacial score (nSPS) is 14.2.